The number of benzene rings is 4. The Morgan fingerprint density at radius 3 is 2.59 bits per heavy atom. The number of hydrogen-bond donors (Lipinski definition) is 1. The fourth-order valence-corrected chi connectivity index (χ4v) is 4.72. The van der Waals surface area contributed by atoms with Crippen LogP contribution >= 0.6 is 27.7 Å². The van der Waals surface area contributed by atoms with E-state index in [1.807, 2.05) is 30.3 Å². The van der Waals surface area contributed by atoms with E-state index in [9.17, 15) is 9.18 Å². The van der Waals surface area contributed by atoms with Crippen LogP contribution in [0.5, 0.6) is 5.75 Å². The summed E-state index contributed by atoms with van der Waals surface area (Å²) < 4.78 is 20.1. The Morgan fingerprint density at radius 2 is 1.76 bits per heavy atom. The van der Waals surface area contributed by atoms with Gasteiger partial charge in [0.25, 0.3) is 5.91 Å². The maximum absolute atomic E-state index is 13.1. The number of amidine groups is 1. The number of fused-ring (bicyclic) bond motifs is 1. The van der Waals surface area contributed by atoms with Gasteiger partial charge in [0, 0.05) is 10.0 Å². The molecule has 0 unspecified atom stereocenters. The minimum Gasteiger partial charge on any atom is -0.488 e. The minimum absolute atomic E-state index is 0.244. The summed E-state index contributed by atoms with van der Waals surface area (Å²) in [6.07, 6.45) is 1.79. The SMILES string of the molecule is O=C1NC(=Nc2ccc(F)cc2)S/C1=C/c1cc(Br)ccc1OCc1ccc2ccccc2c1. The molecule has 5 rings (SSSR count). The first-order valence-electron chi connectivity index (χ1n) is 10.5. The third kappa shape index (κ3) is 5.21. The molecule has 0 bridgehead atoms. The first-order valence-corrected chi connectivity index (χ1v) is 12.1. The van der Waals surface area contributed by atoms with E-state index in [2.05, 4.69) is 56.6 Å². The molecule has 0 atom stereocenters. The van der Waals surface area contributed by atoms with Crippen LogP contribution in [0.2, 0.25) is 0 Å². The number of halogens is 2. The van der Waals surface area contributed by atoms with Crippen molar-refractivity contribution in [1.29, 1.82) is 0 Å². The predicted octanol–water partition coefficient (Wildman–Crippen LogP) is 7.21. The molecule has 0 aliphatic carbocycles. The smallest absolute Gasteiger partial charge is 0.264 e. The minimum atomic E-state index is -0.335. The second-order valence-corrected chi connectivity index (χ2v) is 9.56. The van der Waals surface area contributed by atoms with Gasteiger partial charge in [-0.1, -0.05) is 52.3 Å². The lowest BCUT2D eigenvalue weighted by Crippen LogP contribution is -2.19. The van der Waals surface area contributed by atoms with Gasteiger partial charge in [0.1, 0.15) is 18.2 Å². The zero-order valence-corrected chi connectivity index (χ0v) is 20.2. The van der Waals surface area contributed by atoms with Gasteiger partial charge in [-0.25, -0.2) is 9.38 Å². The zero-order chi connectivity index (χ0) is 23.5. The number of thioether (sulfide) groups is 1. The molecular formula is C27H18BrFN2O2S. The number of amides is 1. The Balaban J connectivity index is 1.36. The number of carbonyl (C=O) groups excluding carboxylic acids is 1. The van der Waals surface area contributed by atoms with Crippen LogP contribution in [0.25, 0.3) is 16.8 Å². The third-order valence-electron chi connectivity index (χ3n) is 5.17. The van der Waals surface area contributed by atoms with Crippen molar-refractivity contribution in [3.8, 4) is 5.75 Å². The van der Waals surface area contributed by atoms with Crippen molar-refractivity contribution in [1.82, 2.24) is 5.32 Å². The van der Waals surface area contributed by atoms with Gasteiger partial charge in [-0.2, -0.15) is 0 Å². The molecule has 34 heavy (non-hydrogen) atoms. The van der Waals surface area contributed by atoms with Gasteiger partial charge in [-0.3, -0.25) is 4.79 Å². The van der Waals surface area contributed by atoms with Crippen LogP contribution in [0.4, 0.5) is 10.1 Å². The molecule has 0 spiro atoms. The lowest BCUT2D eigenvalue weighted by Gasteiger charge is -2.11. The van der Waals surface area contributed by atoms with Gasteiger partial charge in [-0.05, 0) is 82.7 Å². The van der Waals surface area contributed by atoms with Crippen LogP contribution in [0.3, 0.4) is 0 Å². The number of hydrogen-bond acceptors (Lipinski definition) is 4. The van der Waals surface area contributed by atoms with E-state index in [0.717, 1.165) is 21.0 Å². The Morgan fingerprint density at radius 1 is 0.971 bits per heavy atom. The number of nitrogens with one attached hydrogen (secondary N) is 1. The average molecular weight is 533 g/mol. The van der Waals surface area contributed by atoms with Crippen molar-refractivity contribution in [3.05, 3.63) is 111 Å². The first kappa shape index (κ1) is 22.4. The molecule has 1 aliphatic heterocycles. The Labute approximate surface area is 208 Å². The molecule has 1 saturated heterocycles. The van der Waals surface area contributed by atoms with Crippen LogP contribution in [0.15, 0.2) is 99.3 Å². The molecule has 1 aliphatic rings. The van der Waals surface area contributed by atoms with Crippen molar-refractivity contribution in [3.63, 3.8) is 0 Å². The molecule has 0 radical (unpaired) electrons. The monoisotopic (exact) mass is 532 g/mol. The lowest BCUT2D eigenvalue weighted by molar-refractivity contribution is -0.115. The highest BCUT2D eigenvalue weighted by Gasteiger charge is 2.24. The van der Waals surface area contributed by atoms with Gasteiger partial charge in [0.15, 0.2) is 5.17 Å². The number of ether oxygens (including phenoxy) is 1. The number of aliphatic imine (C=N–C) groups is 1. The molecule has 4 aromatic carbocycles. The van der Waals surface area contributed by atoms with E-state index in [-0.39, 0.29) is 11.7 Å². The van der Waals surface area contributed by atoms with Crippen LogP contribution in [-0.2, 0) is 11.4 Å². The summed E-state index contributed by atoms with van der Waals surface area (Å²) in [5, 5.41) is 5.54. The molecular weight excluding hydrogens is 515 g/mol. The summed E-state index contributed by atoms with van der Waals surface area (Å²) in [6, 6.07) is 25.9. The highest BCUT2D eigenvalue weighted by molar-refractivity contribution is 9.10. The highest BCUT2D eigenvalue weighted by Crippen LogP contribution is 2.32. The number of carbonyl (C=O) groups is 1. The molecule has 168 valence electrons. The van der Waals surface area contributed by atoms with E-state index in [1.165, 1.54) is 29.3 Å². The fraction of sp³-hybridized carbons (Fsp3) is 0.0370. The lowest BCUT2D eigenvalue weighted by atomic mass is 10.1. The van der Waals surface area contributed by atoms with E-state index < -0.39 is 0 Å². The van der Waals surface area contributed by atoms with Crippen molar-refractivity contribution in [2.75, 3.05) is 0 Å². The zero-order valence-electron chi connectivity index (χ0n) is 17.8. The molecule has 1 amide bonds. The van der Waals surface area contributed by atoms with E-state index >= 15 is 0 Å². The van der Waals surface area contributed by atoms with Gasteiger partial charge >= 0.3 is 0 Å². The summed E-state index contributed by atoms with van der Waals surface area (Å²) >= 11 is 4.73. The molecule has 0 aromatic heterocycles. The van der Waals surface area contributed by atoms with Crippen molar-refractivity contribution >= 4 is 61.3 Å². The number of rotatable bonds is 5. The maximum atomic E-state index is 13.1. The van der Waals surface area contributed by atoms with E-state index in [4.69, 9.17) is 4.74 Å². The van der Waals surface area contributed by atoms with E-state index in [0.29, 0.717) is 28.1 Å². The highest BCUT2D eigenvalue weighted by atomic mass is 79.9. The Bertz CT molecular complexity index is 1450. The molecule has 4 nitrogen and oxygen atoms in total. The van der Waals surface area contributed by atoms with Crippen molar-refractivity contribution in [2.45, 2.75) is 6.61 Å². The third-order valence-corrected chi connectivity index (χ3v) is 6.58. The fourth-order valence-electron chi connectivity index (χ4n) is 3.51. The van der Waals surface area contributed by atoms with Gasteiger partial charge < -0.3 is 10.1 Å². The second-order valence-electron chi connectivity index (χ2n) is 7.61. The summed E-state index contributed by atoms with van der Waals surface area (Å²) in [5.74, 6) is 0.0889. The van der Waals surface area contributed by atoms with E-state index in [1.54, 1.807) is 18.2 Å². The summed E-state index contributed by atoms with van der Waals surface area (Å²) in [6.45, 7) is 0.402. The summed E-state index contributed by atoms with van der Waals surface area (Å²) in [5.41, 5.74) is 2.39. The van der Waals surface area contributed by atoms with Gasteiger partial charge in [0.05, 0.1) is 10.6 Å². The predicted molar refractivity (Wildman–Crippen MR) is 140 cm³/mol. The number of nitrogens with zero attached hydrogens (tertiary/aromatic N) is 1. The van der Waals surface area contributed by atoms with Crippen LogP contribution in [0.1, 0.15) is 11.1 Å². The molecule has 1 heterocycles. The summed E-state index contributed by atoms with van der Waals surface area (Å²) in [7, 11) is 0. The maximum Gasteiger partial charge on any atom is 0.264 e. The molecule has 0 saturated carbocycles. The Kier molecular flexibility index (Phi) is 6.47. The molecule has 7 heteroatoms. The first-order chi connectivity index (χ1) is 16.5. The van der Waals surface area contributed by atoms with Crippen LogP contribution < -0.4 is 10.1 Å². The standard InChI is InChI=1S/C27H18BrFN2O2S/c28-21-7-12-24(33-16-17-5-6-18-3-1-2-4-19(18)13-17)20(14-21)15-25-26(32)31-27(34-25)30-23-10-8-22(29)9-11-23/h1-15H,16H2,(H,30,31,32)/b25-15+. The second kappa shape index (κ2) is 9.83. The topological polar surface area (TPSA) is 50.7 Å². The molecule has 1 N–H and O–H groups in total. The quantitative estimate of drug-likeness (QED) is 0.276. The average Bonchev–Trinajstić information content (AvgIpc) is 3.18. The van der Waals surface area contributed by atoms with Gasteiger partial charge in [-0.15, -0.1) is 0 Å². The Hall–Kier alpha value is -3.42. The van der Waals surface area contributed by atoms with Crippen LogP contribution in [-0.4, -0.2) is 11.1 Å². The normalized spacial score (nSPS) is 15.8. The molecule has 4 aromatic rings. The van der Waals surface area contributed by atoms with Gasteiger partial charge in [0.2, 0.25) is 0 Å². The van der Waals surface area contributed by atoms with Crippen LogP contribution in [0, 0.1) is 5.82 Å². The summed E-state index contributed by atoms with van der Waals surface area (Å²) in [4.78, 5) is 17.4. The van der Waals surface area contributed by atoms with Crippen molar-refractivity contribution in [2.24, 2.45) is 4.99 Å². The van der Waals surface area contributed by atoms with Crippen molar-refractivity contribution < 1.29 is 13.9 Å². The molecule has 1 fully saturated rings. The largest absolute Gasteiger partial charge is 0.488 e.